The largest absolute Gasteiger partial charge is 0.310 e. The normalized spacial score (nSPS) is 13.5. The van der Waals surface area contributed by atoms with E-state index in [4.69, 9.17) is 0 Å². The first kappa shape index (κ1) is 38.0. The van der Waals surface area contributed by atoms with E-state index in [2.05, 4.69) is 232 Å². The minimum atomic E-state index is -0.526. The molecule has 1 spiro atoms. The molecule has 1 nitrogen and oxygen atoms in total. The Morgan fingerprint density at radius 2 is 0.955 bits per heavy atom. The van der Waals surface area contributed by atoms with Crippen molar-refractivity contribution in [3.63, 3.8) is 0 Å². The molecule has 0 atom stereocenters. The van der Waals surface area contributed by atoms with Crippen molar-refractivity contribution in [3.8, 4) is 33.4 Å². The summed E-state index contributed by atoms with van der Waals surface area (Å²) in [5, 5.41) is 7.77. The first-order valence-corrected chi connectivity index (χ1v) is 24.6. The van der Waals surface area contributed by atoms with E-state index in [1.807, 2.05) is 22.7 Å². The Morgan fingerprint density at radius 1 is 0.409 bits per heavy atom. The summed E-state index contributed by atoms with van der Waals surface area (Å²) in [6.45, 7) is 6.90. The Morgan fingerprint density at radius 3 is 1.67 bits per heavy atom. The summed E-state index contributed by atoms with van der Waals surface area (Å²) in [7, 11) is 0. The Labute approximate surface area is 392 Å². The molecule has 66 heavy (non-hydrogen) atoms. The molecule has 0 radical (unpaired) electrons. The summed E-state index contributed by atoms with van der Waals surface area (Å²) in [6, 6.07) is 78.1. The quantitative estimate of drug-likeness (QED) is 0.170. The van der Waals surface area contributed by atoms with E-state index in [-0.39, 0.29) is 5.41 Å². The molecule has 3 heteroatoms. The lowest BCUT2D eigenvalue weighted by Gasteiger charge is -2.33. The highest BCUT2D eigenvalue weighted by molar-refractivity contribution is 7.27. The van der Waals surface area contributed by atoms with Crippen LogP contribution in [0.25, 0.3) is 84.5 Å². The summed E-state index contributed by atoms with van der Waals surface area (Å²) in [5.74, 6) is 0. The molecular formula is C63H43NS2. The van der Waals surface area contributed by atoms with E-state index in [0.717, 1.165) is 11.4 Å². The highest BCUT2D eigenvalue weighted by atomic mass is 32.1. The van der Waals surface area contributed by atoms with Gasteiger partial charge in [0.05, 0.1) is 11.1 Å². The van der Waals surface area contributed by atoms with E-state index in [0.29, 0.717) is 0 Å². The molecule has 10 aromatic carbocycles. The maximum absolute atomic E-state index is 2.62. The van der Waals surface area contributed by atoms with Crippen LogP contribution in [0.3, 0.4) is 0 Å². The summed E-state index contributed by atoms with van der Waals surface area (Å²) in [5.41, 5.74) is 17.6. The number of benzene rings is 10. The number of rotatable bonds is 4. The van der Waals surface area contributed by atoms with Crippen molar-refractivity contribution in [2.24, 2.45) is 0 Å². The van der Waals surface area contributed by atoms with Crippen molar-refractivity contribution < 1.29 is 0 Å². The zero-order valence-electron chi connectivity index (χ0n) is 36.9. The predicted molar refractivity (Wildman–Crippen MR) is 285 cm³/mol. The van der Waals surface area contributed by atoms with Crippen molar-refractivity contribution in [3.05, 3.63) is 234 Å². The van der Waals surface area contributed by atoms with Crippen LogP contribution in [0.4, 0.5) is 17.1 Å². The van der Waals surface area contributed by atoms with Crippen LogP contribution >= 0.6 is 22.7 Å². The molecule has 0 N–H and O–H groups in total. The van der Waals surface area contributed by atoms with Gasteiger partial charge in [-0.2, -0.15) is 0 Å². The van der Waals surface area contributed by atoms with Crippen molar-refractivity contribution in [1.29, 1.82) is 0 Å². The molecule has 2 aromatic heterocycles. The lowest BCUT2D eigenvalue weighted by molar-refractivity contribution is 0.590. The van der Waals surface area contributed by atoms with Crippen LogP contribution in [0.1, 0.15) is 48.6 Å². The SMILES string of the molecule is CC(C)(C)c1ccc(N(c2ccc(-c3cccc4ccccc34)cc2)c2cc3c(c4sc5ccccc5c24)-c2c(ccc4c2sc2ccccc24)C32c3ccccc3-c3ccccc32)cc1. The van der Waals surface area contributed by atoms with Gasteiger partial charge in [0.25, 0.3) is 0 Å². The fourth-order valence-corrected chi connectivity index (χ4v) is 14.2. The van der Waals surface area contributed by atoms with E-state index < -0.39 is 5.41 Å². The Hall–Kier alpha value is -7.30. The van der Waals surface area contributed by atoms with Crippen LogP contribution in [0.5, 0.6) is 0 Å². The monoisotopic (exact) mass is 877 g/mol. The van der Waals surface area contributed by atoms with Gasteiger partial charge in [-0.05, 0) is 109 Å². The predicted octanol–water partition coefficient (Wildman–Crippen LogP) is 18.4. The van der Waals surface area contributed by atoms with E-state index in [9.17, 15) is 0 Å². The third-order valence-electron chi connectivity index (χ3n) is 14.6. The van der Waals surface area contributed by atoms with Crippen LogP contribution in [0, 0.1) is 0 Å². The third kappa shape index (κ3) is 5.16. The highest BCUT2D eigenvalue weighted by Gasteiger charge is 2.53. The van der Waals surface area contributed by atoms with Gasteiger partial charge in [0, 0.05) is 62.8 Å². The number of hydrogen-bond acceptors (Lipinski definition) is 3. The number of thiophene rings is 2. The number of anilines is 3. The third-order valence-corrected chi connectivity index (χ3v) is 17.0. The molecule has 12 aromatic rings. The first-order valence-electron chi connectivity index (χ1n) is 23.0. The van der Waals surface area contributed by atoms with Gasteiger partial charge < -0.3 is 4.90 Å². The Bertz CT molecular complexity index is 3920. The van der Waals surface area contributed by atoms with Gasteiger partial charge in [-0.1, -0.05) is 185 Å². The lowest BCUT2D eigenvalue weighted by atomic mass is 9.70. The van der Waals surface area contributed by atoms with Gasteiger partial charge in [0.15, 0.2) is 0 Å². The first-order chi connectivity index (χ1) is 32.4. The Kier molecular flexibility index (Phi) is 7.98. The molecule has 0 saturated carbocycles. The van der Waals surface area contributed by atoms with E-state index >= 15 is 0 Å². The lowest BCUT2D eigenvalue weighted by Crippen LogP contribution is -2.26. The summed E-state index contributed by atoms with van der Waals surface area (Å²) in [4.78, 5) is 2.56. The molecule has 14 rings (SSSR count). The van der Waals surface area contributed by atoms with Crippen LogP contribution in [0.15, 0.2) is 206 Å². The number of fused-ring (bicyclic) bond motifs is 19. The molecule has 0 aliphatic heterocycles. The van der Waals surface area contributed by atoms with E-state index in [1.165, 1.54) is 118 Å². The molecule has 0 fully saturated rings. The summed E-state index contributed by atoms with van der Waals surface area (Å²) in [6.07, 6.45) is 0. The smallest absolute Gasteiger partial charge is 0.0727 e. The standard InChI is InChI=1S/C63H43NS2/c1-62(2,3)40-29-33-42(34-30-40)64(41-31-27-39(28-32-41)44-22-14-16-38-15-4-5-17-43(38)44)54-37-53-59(61-57(54)49-21-9-13-26-56(49)66-61)58-52(36-35-48-47-20-8-12-25-55(47)65-60(48)58)63(53)50-23-10-6-18-45(50)46-19-7-11-24-51(46)63/h4-37H,1-3H3. The number of nitrogens with zero attached hydrogens (tertiary/aromatic N) is 1. The molecule has 0 amide bonds. The Balaban J connectivity index is 1.12. The molecule has 2 heterocycles. The summed E-state index contributed by atoms with van der Waals surface area (Å²) < 4.78 is 5.35. The molecule has 312 valence electrons. The maximum Gasteiger partial charge on any atom is 0.0727 e. The van der Waals surface area contributed by atoms with Gasteiger partial charge in [-0.15, -0.1) is 22.7 Å². The zero-order valence-corrected chi connectivity index (χ0v) is 38.5. The van der Waals surface area contributed by atoms with Crippen LogP contribution < -0.4 is 4.90 Å². The van der Waals surface area contributed by atoms with E-state index in [1.54, 1.807) is 0 Å². The van der Waals surface area contributed by atoms with Crippen molar-refractivity contribution in [1.82, 2.24) is 0 Å². The fraction of sp³-hybridized carbons (Fsp3) is 0.0794. The topological polar surface area (TPSA) is 3.24 Å². The second kappa shape index (κ2) is 13.9. The average molecular weight is 878 g/mol. The van der Waals surface area contributed by atoms with Crippen molar-refractivity contribution in [2.75, 3.05) is 4.90 Å². The van der Waals surface area contributed by atoms with Gasteiger partial charge in [0.2, 0.25) is 0 Å². The molecule has 2 aliphatic carbocycles. The minimum Gasteiger partial charge on any atom is -0.310 e. The van der Waals surface area contributed by atoms with Crippen LogP contribution in [-0.2, 0) is 10.8 Å². The van der Waals surface area contributed by atoms with Crippen LogP contribution in [-0.4, -0.2) is 0 Å². The average Bonchev–Trinajstić information content (AvgIpc) is 4.09. The maximum atomic E-state index is 2.62. The second-order valence-corrected chi connectivity index (χ2v) is 21.2. The molecule has 0 bridgehead atoms. The van der Waals surface area contributed by atoms with Crippen molar-refractivity contribution >= 4 is 90.9 Å². The number of hydrogen-bond donors (Lipinski definition) is 0. The molecule has 0 unspecified atom stereocenters. The molecule has 2 aliphatic rings. The molecular weight excluding hydrogens is 835 g/mol. The zero-order chi connectivity index (χ0) is 43.9. The van der Waals surface area contributed by atoms with Gasteiger partial charge >= 0.3 is 0 Å². The van der Waals surface area contributed by atoms with Gasteiger partial charge in [-0.25, -0.2) is 0 Å². The fourth-order valence-electron chi connectivity index (χ4n) is 11.7. The highest BCUT2D eigenvalue weighted by Crippen LogP contribution is 2.67. The van der Waals surface area contributed by atoms with Gasteiger partial charge in [0.1, 0.15) is 0 Å². The molecule has 0 saturated heterocycles. The summed E-state index contributed by atoms with van der Waals surface area (Å²) >= 11 is 3.91. The van der Waals surface area contributed by atoms with Gasteiger partial charge in [-0.3, -0.25) is 0 Å². The minimum absolute atomic E-state index is 0.0210. The second-order valence-electron chi connectivity index (χ2n) is 19.1. The van der Waals surface area contributed by atoms with Crippen LogP contribution in [0.2, 0.25) is 0 Å². The van der Waals surface area contributed by atoms with Crippen molar-refractivity contribution in [2.45, 2.75) is 31.6 Å².